The highest BCUT2D eigenvalue weighted by molar-refractivity contribution is 5.62. The Labute approximate surface area is 78.5 Å². The van der Waals surface area contributed by atoms with E-state index in [4.69, 9.17) is 4.74 Å². The molecule has 0 aliphatic heterocycles. The summed E-state index contributed by atoms with van der Waals surface area (Å²) in [6.45, 7) is 8.24. The van der Waals surface area contributed by atoms with Gasteiger partial charge in [-0.15, -0.1) is 0 Å². The molecule has 0 saturated carbocycles. The van der Waals surface area contributed by atoms with Gasteiger partial charge in [-0.1, -0.05) is 12.6 Å². The van der Waals surface area contributed by atoms with E-state index in [1.54, 1.807) is 12.1 Å². The van der Waals surface area contributed by atoms with Gasteiger partial charge in [-0.25, -0.2) is 0 Å². The molecule has 1 rings (SSSR count). The summed E-state index contributed by atoms with van der Waals surface area (Å²) in [4.78, 5) is 0. The highest BCUT2D eigenvalue weighted by Crippen LogP contribution is 2.22. The van der Waals surface area contributed by atoms with Crippen molar-refractivity contribution in [3.8, 4) is 5.75 Å². The van der Waals surface area contributed by atoms with Crippen molar-refractivity contribution in [2.75, 3.05) is 6.61 Å². The zero-order valence-corrected chi connectivity index (χ0v) is 8.00. The lowest BCUT2D eigenvalue weighted by Gasteiger charge is -2.09. The van der Waals surface area contributed by atoms with Crippen LogP contribution in [0.25, 0.3) is 5.76 Å². The minimum absolute atomic E-state index is 0.237. The van der Waals surface area contributed by atoms with Gasteiger partial charge >= 0.3 is 0 Å². The Morgan fingerprint density at radius 3 is 2.85 bits per heavy atom. The van der Waals surface area contributed by atoms with E-state index in [0.717, 1.165) is 11.1 Å². The molecule has 1 N–H and O–H groups in total. The van der Waals surface area contributed by atoms with Crippen LogP contribution in [0, 0.1) is 6.92 Å². The second-order valence-corrected chi connectivity index (χ2v) is 2.86. The van der Waals surface area contributed by atoms with Gasteiger partial charge in [0.05, 0.1) is 6.61 Å². The fourth-order valence-corrected chi connectivity index (χ4v) is 1.16. The topological polar surface area (TPSA) is 29.5 Å². The summed E-state index contributed by atoms with van der Waals surface area (Å²) < 4.78 is 5.26. The lowest BCUT2D eigenvalue weighted by atomic mass is 10.1. The van der Waals surface area contributed by atoms with E-state index in [-0.39, 0.29) is 5.75 Å². The van der Waals surface area contributed by atoms with Crippen LogP contribution in [-0.4, -0.2) is 11.7 Å². The van der Waals surface area contributed by atoms with E-state index in [1.807, 2.05) is 19.9 Å². The zero-order valence-electron chi connectivity index (χ0n) is 8.00. The SMILES string of the molecule is C=C(OCC)c1cc(O)ccc1C. The minimum atomic E-state index is 0.237. The number of aryl methyl sites for hydroxylation is 1. The first-order valence-corrected chi connectivity index (χ1v) is 4.27. The average Bonchev–Trinajstić information content (AvgIpc) is 2.09. The third kappa shape index (κ3) is 2.25. The molecule has 0 amide bonds. The van der Waals surface area contributed by atoms with Crippen molar-refractivity contribution in [1.82, 2.24) is 0 Å². The maximum atomic E-state index is 9.26. The molecule has 0 bridgehead atoms. The van der Waals surface area contributed by atoms with Crippen LogP contribution in [0.4, 0.5) is 0 Å². The van der Waals surface area contributed by atoms with Crippen LogP contribution in [0.3, 0.4) is 0 Å². The van der Waals surface area contributed by atoms with Crippen molar-refractivity contribution in [2.45, 2.75) is 13.8 Å². The Hall–Kier alpha value is -1.44. The van der Waals surface area contributed by atoms with Gasteiger partial charge in [0.2, 0.25) is 0 Å². The summed E-state index contributed by atoms with van der Waals surface area (Å²) in [6.07, 6.45) is 0. The van der Waals surface area contributed by atoms with Crippen LogP contribution in [0.1, 0.15) is 18.1 Å². The standard InChI is InChI=1S/C11H14O2/c1-4-13-9(3)11-7-10(12)6-5-8(11)2/h5-7,12H,3-4H2,1-2H3. The van der Waals surface area contributed by atoms with E-state index in [9.17, 15) is 5.11 Å². The first-order chi connectivity index (χ1) is 6.15. The molecule has 0 aliphatic rings. The Balaban J connectivity index is 2.99. The molecule has 1 aromatic carbocycles. The second kappa shape index (κ2) is 3.99. The maximum Gasteiger partial charge on any atom is 0.119 e. The quantitative estimate of drug-likeness (QED) is 0.721. The molecule has 0 saturated heterocycles. The molecular formula is C11H14O2. The van der Waals surface area contributed by atoms with Crippen molar-refractivity contribution < 1.29 is 9.84 Å². The second-order valence-electron chi connectivity index (χ2n) is 2.86. The Kier molecular flexibility index (Phi) is 2.96. The number of phenolic OH excluding ortho intramolecular Hbond substituents is 1. The molecule has 0 radical (unpaired) electrons. The van der Waals surface area contributed by atoms with E-state index in [1.165, 1.54) is 0 Å². The minimum Gasteiger partial charge on any atom is -0.508 e. The summed E-state index contributed by atoms with van der Waals surface area (Å²) in [6, 6.07) is 5.15. The molecule has 0 heterocycles. The van der Waals surface area contributed by atoms with Crippen molar-refractivity contribution in [2.24, 2.45) is 0 Å². The van der Waals surface area contributed by atoms with Crippen molar-refractivity contribution in [1.29, 1.82) is 0 Å². The van der Waals surface area contributed by atoms with Gasteiger partial charge in [0, 0.05) is 5.56 Å². The monoisotopic (exact) mass is 178 g/mol. The molecule has 0 unspecified atom stereocenters. The maximum absolute atomic E-state index is 9.26. The molecule has 0 fully saturated rings. The Bertz CT molecular complexity index is 316. The highest BCUT2D eigenvalue weighted by atomic mass is 16.5. The molecule has 13 heavy (non-hydrogen) atoms. The average molecular weight is 178 g/mol. The number of rotatable bonds is 3. The van der Waals surface area contributed by atoms with Crippen molar-refractivity contribution >= 4 is 5.76 Å². The van der Waals surface area contributed by atoms with Crippen LogP contribution in [-0.2, 0) is 4.74 Å². The van der Waals surface area contributed by atoms with Gasteiger partial charge in [-0.05, 0) is 31.5 Å². The van der Waals surface area contributed by atoms with Gasteiger partial charge in [-0.2, -0.15) is 0 Å². The van der Waals surface area contributed by atoms with Gasteiger partial charge in [0.25, 0.3) is 0 Å². The molecule has 2 heteroatoms. The van der Waals surface area contributed by atoms with Crippen molar-refractivity contribution in [3.63, 3.8) is 0 Å². The first-order valence-electron chi connectivity index (χ1n) is 4.27. The number of phenols is 1. The predicted octanol–water partition coefficient (Wildman–Crippen LogP) is 2.71. The number of ether oxygens (including phenoxy) is 1. The van der Waals surface area contributed by atoms with Crippen LogP contribution in [0.15, 0.2) is 24.8 Å². The fourth-order valence-electron chi connectivity index (χ4n) is 1.16. The lowest BCUT2D eigenvalue weighted by Crippen LogP contribution is -1.92. The lowest BCUT2D eigenvalue weighted by molar-refractivity contribution is 0.298. The summed E-state index contributed by atoms with van der Waals surface area (Å²) in [5, 5.41) is 9.26. The number of hydrogen-bond donors (Lipinski definition) is 1. The highest BCUT2D eigenvalue weighted by Gasteiger charge is 2.04. The van der Waals surface area contributed by atoms with Crippen LogP contribution in [0.5, 0.6) is 5.75 Å². The molecule has 0 aromatic heterocycles. The molecule has 0 aliphatic carbocycles. The largest absolute Gasteiger partial charge is 0.508 e. The number of aromatic hydroxyl groups is 1. The van der Waals surface area contributed by atoms with E-state index >= 15 is 0 Å². The van der Waals surface area contributed by atoms with Gasteiger partial charge in [-0.3, -0.25) is 0 Å². The van der Waals surface area contributed by atoms with Crippen LogP contribution >= 0.6 is 0 Å². The van der Waals surface area contributed by atoms with Gasteiger partial charge < -0.3 is 9.84 Å². The summed E-state index contributed by atoms with van der Waals surface area (Å²) in [5.41, 5.74) is 1.91. The van der Waals surface area contributed by atoms with E-state index in [0.29, 0.717) is 12.4 Å². The fraction of sp³-hybridized carbons (Fsp3) is 0.273. The summed E-state index contributed by atoms with van der Waals surface area (Å²) in [5.74, 6) is 0.845. The number of hydrogen-bond acceptors (Lipinski definition) is 2. The molecule has 2 nitrogen and oxygen atoms in total. The third-order valence-corrected chi connectivity index (χ3v) is 1.84. The summed E-state index contributed by atoms with van der Waals surface area (Å²) >= 11 is 0. The molecule has 0 atom stereocenters. The Morgan fingerprint density at radius 2 is 2.23 bits per heavy atom. The smallest absolute Gasteiger partial charge is 0.119 e. The predicted molar refractivity (Wildman–Crippen MR) is 53.5 cm³/mol. The van der Waals surface area contributed by atoms with Crippen molar-refractivity contribution in [3.05, 3.63) is 35.9 Å². The van der Waals surface area contributed by atoms with Crippen LogP contribution < -0.4 is 0 Å². The molecule has 1 aromatic rings. The molecule has 0 spiro atoms. The van der Waals surface area contributed by atoms with E-state index < -0.39 is 0 Å². The van der Waals surface area contributed by atoms with Gasteiger partial charge in [0.15, 0.2) is 0 Å². The number of benzene rings is 1. The summed E-state index contributed by atoms with van der Waals surface area (Å²) in [7, 11) is 0. The molecule has 70 valence electrons. The van der Waals surface area contributed by atoms with Crippen LogP contribution in [0.2, 0.25) is 0 Å². The Morgan fingerprint density at radius 1 is 1.54 bits per heavy atom. The normalized spacial score (nSPS) is 9.69. The first kappa shape index (κ1) is 9.65. The third-order valence-electron chi connectivity index (χ3n) is 1.84. The van der Waals surface area contributed by atoms with E-state index in [2.05, 4.69) is 6.58 Å². The van der Waals surface area contributed by atoms with Gasteiger partial charge in [0.1, 0.15) is 11.5 Å². The zero-order chi connectivity index (χ0) is 9.84. The molecular weight excluding hydrogens is 164 g/mol.